The molecule has 3 aromatic heterocycles. The average Bonchev–Trinajstić information content (AvgIpc) is 1.77. The third-order valence-electron chi connectivity index (χ3n) is 20.5. The minimum absolute atomic E-state index is 0.0397. The molecule has 4 fully saturated rings. The molecule has 0 radical (unpaired) electrons. The van der Waals surface area contributed by atoms with Gasteiger partial charge in [0.2, 0.25) is 23.6 Å². The molecular formula is C81H125Cl3N12O27. The van der Waals surface area contributed by atoms with Crippen LogP contribution >= 0.6 is 34.8 Å². The summed E-state index contributed by atoms with van der Waals surface area (Å²) in [6.07, 6.45) is 11.8. The molecule has 1 saturated carbocycles. The number of alkyl halides is 3. The molecule has 8 rings (SSSR count). The Labute approximate surface area is 726 Å². The minimum Gasteiger partial charge on any atom is -0.394 e. The van der Waals surface area contributed by atoms with Gasteiger partial charge in [-0.2, -0.15) is 0 Å². The lowest BCUT2D eigenvalue weighted by Gasteiger charge is -2.27. The van der Waals surface area contributed by atoms with Crippen molar-refractivity contribution in [2.24, 2.45) is 11.8 Å². The Hall–Kier alpha value is -7.65. The highest BCUT2D eigenvalue weighted by Crippen LogP contribution is 2.32. The summed E-state index contributed by atoms with van der Waals surface area (Å²) in [5, 5.41) is 73.9. The van der Waals surface area contributed by atoms with Crippen LogP contribution in [0.2, 0.25) is 0 Å². The molecule has 4 aromatic rings. The molecule has 15 N–H and O–H groups in total. The third-order valence-corrected chi connectivity index (χ3v) is 21.3. The number of nitrogens with zero attached hydrogens (tertiary/aromatic N) is 3. The lowest BCUT2D eigenvalue weighted by molar-refractivity contribution is -0.130. The number of hydrogen-bond acceptors (Lipinski definition) is 27. The zero-order valence-corrected chi connectivity index (χ0v) is 71.9. The number of aliphatic hydroxyl groups is 6. The molecule has 0 bridgehead atoms. The summed E-state index contributed by atoms with van der Waals surface area (Å²) >= 11 is 16.9. The van der Waals surface area contributed by atoms with Gasteiger partial charge in [0.1, 0.15) is 37.0 Å². The van der Waals surface area contributed by atoms with E-state index >= 15 is 0 Å². The van der Waals surface area contributed by atoms with Gasteiger partial charge in [-0.15, -0.1) is 34.8 Å². The number of rotatable bonds is 56. The molecule has 3 saturated heterocycles. The summed E-state index contributed by atoms with van der Waals surface area (Å²) in [7, 11) is 0. The van der Waals surface area contributed by atoms with E-state index in [4.69, 9.17) is 77.4 Å². The number of hydrogen-bond donors (Lipinski definition) is 15. The monoisotopic (exact) mass is 1800 g/mol. The molecule has 39 nitrogen and oxygen atoms in total. The third kappa shape index (κ3) is 38.6. The molecular weight excluding hydrogens is 1680 g/mol. The number of aromatic nitrogens is 6. The number of aromatic amines is 3. The van der Waals surface area contributed by atoms with Crippen LogP contribution in [0.4, 0.5) is 0 Å². The van der Waals surface area contributed by atoms with Crippen LogP contribution in [0.15, 0.2) is 71.6 Å². The van der Waals surface area contributed by atoms with E-state index in [1.54, 1.807) is 0 Å². The number of ether oxygens (including phenoxy) is 9. The predicted molar refractivity (Wildman–Crippen MR) is 450 cm³/mol. The molecule has 6 amide bonds. The normalized spacial score (nSPS) is 20.4. The molecule has 42 heteroatoms. The lowest BCUT2D eigenvalue weighted by atomic mass is 9.81. The Balaban J connectivity index is 0.000000286. The van der Waals surface area contributed by atoms with E-state index in [0.717, 1.165) is 90.8 Å². The second kappa shape index (κ2) is 60.1. The summed E-state index contributed by atoms with van der Waals surface area (Å²) < 4.78 is 52.7. The van der Waals surface area contributed by atoms with E-state index in [0.29, 0.717) is 154 Å². The van der Waals surface area contributed by atoms with Gasteiger partial charge in [-0.3, -0.25) is 71.8 Å². The standard InChI is InChI=1S/C28H45ClN4O9.C28H39ClN4O9.C25H41ClN4O9/c2*29-9-3-1-2-4-11-40-13-14-41-12-10-30-25(36)19-5-7-20(8-6-19)26(37)31-16-21-17-33(28(39)32-27(21)38)24-15-22(35)23(18-34)42-24;26-8-3-1-2-4-10-37-12-13-38-11-9-27-21(33)6-5-7-22(34)28-15-18-16-30(25(36)29-24(18)35)23-14-19(32)20(17-31)39-23/h17,19-20,22-24,34-35H,1-16,18H2,(H,30,36)(H,31,37)(H,32,38,39);5-8,17,22-24,34-35H,1-4,9-16,18H2,(H,30,36)(H,31,37)(H,32,38,39);16,19-20,23,31-32H,1-15,17H2,(H,27,33)(H,28,34)(H,29,35,36)/t19?,20?,22?,23-,24-;22?,23-,24-;19?,20-,23-/m111/s1. The topological polar surface area (TPSA) is 544 Å². The fraction of sp³-hybridized carbons (Fsp3) is 0.704. The molecule has 3 unspecified atom stereocenters. The van der Waals surface area contributed by atoms with Crippen LogP contribution in [-0.2, 0) is 81.4 Å². The number of unbranched alkanes of at least 4 members (excludes halogenated alkanes) is 9. The van der Waals surface area contributed by atoms with Crippen molar-refractivity contribution in [3.8, 4) is 0 Å². The first-order chi connectivity index (χ1) is 59.5. The number of amides is 6. The number of carbonyl (C=O) groups is 6. The van der Waals surface area contributed by atoms with Gasteiger partial charge < -0.3 is 105 Å². The van der Waals surface area contributed by atoms with Crippen molar-refractivity contribution in [3.63, 3.8) is 0 Å². The summed E-state index contributed by atoms with van der Waals surface area (Å²) in [5.74, 6) is 0.0614. The van der Waals surface area contributed by atoms with Crippen LogP contribution < -0.4 is 65.6 Å². The predicted octanol–water partition coefficient (Wildman–Crippen LogP) is 1.13. The van der Waals surface area contributed by atoms with Gasteiger partial charge in [-0.25, -0.2) is 14.4 Å². The van der Waals surface area contributed by atoms with Crippen LogP contribution in [0.5, 0.6) is 0 Å². The fourth-order valence-electron chi connectivity index (χ4n) is 13.4. The van der Waals surface area contributed by atoms with E-state index in [-0.39, 0.29) is 115 Å². The molecule has 4 aliphatic rings. The summed E-state index contributed by atoms with van der Waals surface area (Å²) in [6, 6.07) is 6.00. The molecule has 1 aromatic carbocycles. The van der Waals surface area contributed by atoms with Gasteiger partial charge in [0.25, 0.3) is 28.5 Å². The van der Waals surface area contributed by atoms with E-state index in [9.17, 15) is 88.2 Å². The van der Waals surface area contributed by atoms with E-state index < -0.39 is 115 Å². The zero-order valence-electron chi connectivity index (χ0n) is 69.7. The fourth-order valence-corrected chi connectivity index (χ4v) is 14.0. The zero-order chi connectivity index (χ0) is 89.1. The smallest absolute Gasteiger partial charge is 0.330 e. The quantitative estimate of drug-likeness (QED) is 0.0218. The van der Waals surface area contributed by atoms with Crippen LogP contribution in [0.3, 0.4) is 0 Å². The van der Waals surface area contributed by atoms with Gasteiger partial charge in [-0.1, -0.05) is 38.5 Å². The SMILES string of the molecule is O=C(CCCC(=O)NCc1cn([C@H]2CC(O)[C@@H](CO)O2)c(=O)[nH]c1=O)NCCOCCOCCCCCCCl.O=C(NCCOCCOCCCCCCCl)C1CCC(C(=O)NCc2cn([C@H]3CC(O)[C@@H](CO)O3)c(=O)[nH]c2=O)CC1.O=C(NCCOCCOCCCCCCCl)c1ccc(C(=O)NCc2cn([C@H]3CC(O)[C@@H](CO)O3)c(=O)[nH]c2=O)cc1. The number of aliphatic hydroxyl groups excluding tert-OH is 6. The molecule has 123 heavy (non-hydrogen) atoms. The number of halogens is 3. The van der Waals surface area contributed by atoms with Crippen LogP contribution in [-0.4, -0.2) is 268 Å². The molecule has 3 aliphatic heterocycles. The van der Waals surface area contributed by atoms with Crippen LogP contribution in [0.25, 0.3) is 0 Å². The number of benzene rings is 1. The maximum atomic E-state index is 12.8. The maximum Gasteiger partial charge on any atom is 0.330 e. The highest BCUT2D eigenvalue weighted by atomic mass is 35.5. The summed E-state index contributed by atoms with van der Waals surface area (Å²) in [5.41, 5.74) is -3.10. The van der Waals surface area contributed by atoms with E-state index in [2.05, 4.69) is 46.9 Å². The van der Waals surface area contributed by atoms with E-state index in [1.807, 2.05) is 0 Å². The van der Waals surface area contributed by atoms with Crippen molar-refractivity contribution in [1.29, 1.82) is 0 Å². The molecule has 9 atom stereocenters. The Morgan fingerprint density at radius 1 is 0.374 bits per heavy atom. The number of carbonyl (C=O) groups excluding carboxylic acids is 6. The lowest BCUT2D eigenvalue weighted by Crippen LogP contribution is -2.39. The van der Waals surface area contributed by atoms with Crippen molar-refractivity contribution < 1.29 is 102 Å². The second-order valence-corrected chi connectivity index (χ2v) is 31.0. The van der Waals surface area contributed by atoms with Crippen molar-refractivity contribution in [3.05, 3.63) is 133 Å². The van der Waals surface area contributed by atoms with Crippen molar-refractivity contribution in [2.75, 3.05) is 136 Å². The Morgan fingerprint density at radius 3 is 1.02 bits per heavy atom. The first kappa shape index (κ1) is 104. The van der Waals surface area contributed by atoms with Gasteiger partial charge in [0.05, 0.1) is 121 Å². The second-order valence-electron chi connectivity index (χ2n) is 29.8. The number of nitrogens with one attached hydrogen (secondary N) is 9. The highest BCUT2D eigenvalue weighted by Gasteiger charge is 2.38. The summed E-state index contributed by atoms with van der Waals surface area (Å²) in [4.78, 5) is 154. The van der Waals surface area contributed by atoms with Crippen LogP contribution in [0.1, 0.15) is 197 Å². The largest absolute Gasteiger partial charge is 0.394 e. The minimum atomic E-state index is -0.961. The van der Waals surface area contributed by atoms with Gasteiger partial charge in [0.15, 0.2) is 0 Å². The van der Waals surface area contributed by atoms with Gasteiger partial charge in [-0.05, 0) is 94.9 Å². The van der Waals surface area contributed by atoms with Gasteiger partial charge >= 0.3 is 17.1 Å². The Kier molecular flexibility index (Phi) is 50.9. The van der Waals surface area contributed by atoms with Crippen molar-refractivity contribution in [1.82, 2.24) is 60.6 Å². The van der Waals surface area contributed by atoms with Gasteiger partial charge in [0, 0.05) is 144 Å². The Morgan fingerprint density at radius 2 is 0.675 bits per heavy atom. The van der Waals surface area contributed by atoms with Crippen molar-refractivity contribution >= 4 is 70.2 Å². The number of H-pyrrole nitrogens is 3. The van der Waals surface area contributed by atoms with Crippen LogP contribution in [0, 0.1) is 11.8 Å². The average molecular weight is 1810 g/mol. The maximum absolute atomic E-state index is 12.8. The molecule has 6 heterocycles. The Bertz CT molecular complexity index is 4150. The first-order valence-electron chi connectivity index (χ1n) is 42.3. The summed E-state index contributed by atoms with van der Waals surface area (Å²) in [6.45, 7) is 5.60. The molecule has 1 aliphatic carbocycles. The molecule has 692 valence electrons. The van der Waals surface area contributed by atoms with Crippen molar-refractivity contribution in [2.45, 2.75) is 216 Å². The van der Waals surface area contributed by atoms with E-state index in [1.165, 1.54) is 42.9 Å². The first-order valence-corrected chi connectivity index (χ1v) is 43.9. The molecule has 0 spiro atoms. The highest BCUT2D eigenvalue weighted by molar-refractivity contribution is 6.18.